The van der Waals surface area contributed by atoms with Crippen LogP contribution >= 0.6 is 0 Å². The van der Waals surface area contributed by atoms with Gasteiger partial charge in [-0.2, -0.15) is 0 Å². The molecule has 2 atom stereocenters. The van der Waals surface area contributed by atoms with E-state index in [2.05, 4.69) is 42.9 Å². The Kier molecular flexibility index (Phi) is 5.05. The number of nitrogens with one attached hydrogen (secondary N) is 1. The van der Waals surface area contributed by atoms with Gasteiger partial charge in [0.1, 0.15) is 0 Å². The molecule has 0 spiro atoms. The molecule has 2 aliphatic rings. The molecule has 3 heteroatoms. The third kappa shape index (κ3) is 3.69. The predicted molar refractivity (Wildman–Crippen MR) is 77.9 cm³/mol. The van der Waals surface area contributed by atoms with E-state index in [-0.39, 0.29) is 0 Å². The summed E-state index contributed by atoms with van der Waals surface area (Å²) < 4.78 is 0. The van der Waals surface area contributed by atoms with Gasteiger partial charge in [0.15, 0.2) is 0 Å². The monoisotopic (exact) mass is 253 g/mol. The molecule has 0 aromatic rings. The molecule has 2 fully saturated rings. The molecule has 3 nitrogen and oxygen atoms in total. The SMILES string of the molecule is CCC1CN(C(CNC2CC2)C(C)C)CCN1C. The second kappa shape index (κ2) is 6.36. The summed E-state index contributed by atoms with van der Waals surface area (Å²) in [6.07, 6.45) is 4.06. The van der Waals surface area contributed by atoms with Gasteiger partial charge in [-0.25, -0.2) is 0 Å². The molecule has 1 heterocycles. The minimum Gasteiger partial charge on any atom is -0.312 e. The summed E-state index contributed by atoms with van der Waals surface area (Å²) in [7, 11) is 2.28. The number of hydrogen-bond donors (Lipinski definition) is 1. The van der Waals surface area contributed by atoms with Crippen molar-refractivity contribution in [3.05, 3.63) is 0 Å². The highest BCUT2D eigenvalue weighted by molar-refractivity contribution is 4.89. The van der Waals surface area contributed by atoms with Gasteiger partial charge in [0.2, 0.25) is 0 Å². The van der Waals surface area contributed by atoms with Gasteiger partial charge in [0.25, 0.3) is 0 Å². The first-order valence-corrected chi connectivity index (χ1v) is 7.79. The Morgan fingerprint density at radius 1 is 1.22 bits per heavy atom. The van der Waals surface area contributed by atoms with E-state index < -0.39 is 0 Å². The molecule has 1 saturated heterocycles. The van der Waals surface area contributed by atoms with Crippen LogP contribution in [0.1, 0.15) is 40.0 Å². The molecule has 1 N–H and O–H groups in total. The van der Waals surface area contributed by atoms with E-state index in [4.69, 9.17) is 0 Å². The van der Waals surface area contributed by atoms with Crippen molar-refractivity contribution in [1.29, 1.82) is 0 Å². The molecule has 0 bridgehead atoms. The molecule has 18 heavy (non-hydrogen) atoms. The fourth-order valence-corrected chi connectivity index (χ4v) is 3.07. The standard InChI is InChI=1S/C15H31N3/c1-5-14-11-18(9-8-17(14)4)15(12(2)3)10-16-13-6-7-13/h12-16H,5-11H2,1-4H3. The zero-order valence-electron chi connectivity index (χ0n) is 12.7. The van der Waals surface area contributed by atoms with E-state index in [0.717, 1.165) is 18.0 Å². The van der Waals surface area contributed by atoms with Gasteiger partial charge >= 0.3 is 0 Å². The number of nitrogens with zero attached hydrogens (tertiary/aromatic N) is 2. The molecular formula is C15H31N3. The van der Waals surface area contributed by atoms with Gasteiger partial charge in [-0.05, 0) is 32.2 Å². The Bertz CT molecular complexity index is 250. The molecule has 0 radical (unpaired) electrons. The third-order valence-electron chi connectivity index (χ3n) is 4.71. The summed E-state index contributed by atoms with van der Waals surface area (Å²) >= 11 is 0. The maximum atomic E-state index is 3.72. The van der Waals surface area contributed by atoms with Crippen LogP contribution in [0.5, 0.6) is 0 Å². The molecule has 1 saturated carbocycles. The molecule has 0 amide bonds. The third-order valence-corrected chi connectivity index (χ3v) is 4.71. The van der Waals surface area contributed by atoms with E-state index in [0.29, 0.717) is 6.04 Å². The summed E-state index contributed by atoms with van der Waals surface area (Å²) in [6.45, 7) is 12.0. The van der Waals surface area contributed by atoms with E-state index in [1.807, 2.05) is 0 Å². The average molecular weight is 253 g/mol. The summed E-state index contributed by atoms with van der Waals surface area (Å²) in [4.78, 5) is 5.26. The van der Waals surface area contributed by atoms with E-state index >= 15 is 0 Å². The highest BCUT2D eigenvalue weighted by Gasteiger charge is 2.30. The Morgan fingerprint density at radius 2 is 1.94 bits per heavy atom. The second-order valence-electron chi connectivity index (χ2n) is 6.53. The molecule has 0 aromatic carbocycles. The molecule has 2 unspecified atom stereocenters. The second-order valence-corrected chi connectivity index (χ2v) is 6.53. The molecule has 1 aliphatic heterocycles. The van der Waals surface area contributed by atoms with Crippen molar-refractivity contribution in [3.63, 3.8) is 0 Å². The minimum atomic E-state index is 0.716. The summed E-state index contributed by atoms with van der Waals surface area (Å²) in [5.41, 5.74) is 0. The van der Waals surface area contributed by atoms with Gasteiger partial charge in [0.05, 0.1) is 0 Å². The van der Waals surface area contributed by atoms with Crippen LogP contribution in [0.4, 0.5) is 0 Å². The van der Waals surface area contributed by atoms with E-state index in [1.165, 1.54) is 45.4 Å². The Balaban J connectivity index is 1.88. The number of hydrogen-bond acceptors (Lipinski definition) is 3. The van der Waals surface area contributed by atoms with Crippen molar-refractivity contribution in [2.75, 3.05) is 33.2 Å². The van der Waals surface area contributed by atoms with Crippen molar-refractivity contribution in [1.82, 2.24) is 15.1 Å². The maximum absolute atomic E-state index is 3.72. The van der Waals surface area contributed by atoms with Crippen LogP contribution in [0, 0.1) is 5.92 Å². The maximum Gasteiger partial charge on any atom is 0.0244 e. The van der Waals surface area contributed by atoms with Crippen LogP contribution in [-0.4, -0.2) is 61.2 Å². The largest absolute Gasteiger partial charge is 0.312 e. The Morgan fingerprint density at radius 3 is 2.50 bits per heavy atom. The van der Waals surface area contributed by atoms with E-state index in [9.17, 15) is 0 Å². The van der Waals surface area contributed by atoms with Crippen LogP contribution in [0.15, 0.2) is 0 Å². The fourth-order valence-electron chi connectivity index (χ4n) is 3.07. The zero-order chi connectivity index (χ0) is 13.1. The number of likely N-dealkylation sites (N-methyl/N-ethyl adjacent to an activating group) is 1. The van der Waals surface area contributed by atoms with Gasteiger partial charge < -0.3 is 10.2 Å². The molecular weight excluding hydrogens is 222 g/mol. The quantitative estimate of drug-likeness (QED) is 0.778. The highest BCUT2D eigenvalue weighted by Crippen LogP contribution is 2.21. The van der Waals surface area contributed by atoms with E-state index in [1.54, 1.807) is 0 Å². The molecule has 0 aromatic heterocycles. The number of piperazine rings is 1. The normalized spacial score (nSPS) is 28.8. The first-order chi connectivity index (χ1) is 8.61. The Labute approximate surface area is 113 Å². The van der Waals surface area contributed by atoms with Crippen molar-refractivity contribution >= 4 is 0 Å². The van der Waals surface area contributed by atoms with Gasteiger partial charge in [-0.15, -0.1) is 0 Å². The smallest absolute Gasteiger partial charge is 0.0244 e. The van der Waals surface area contributed by atoms with Crippen LogP contribution in [-0.2, 0) is 0 Å². The Hall–Kier alpha value is -0.120. The molecule has 1 aliphatic carbocycles. The van der Waals surface area contributed by atoms with Gasteiger partial charge in [0, 0.05) is 44.3 Å². The number of rotatable bonds is 6. The summed E-state index contributed by atoms with van der Waals surface area (Å²) in [6, 6.07) is 2.30. The van der Waals surface area contributed by atoms with Crippen LogP contribution < -0.4 is 5.32 Å². The first-order valence-electron chi connectivity index (χ1n) is 7.79. The zero-order valence-corrected chi connectivity index (χ0v) is 12.7. The topological polar surface area (TPSA) is 18.5 Å². The average Bonchev–Trinajstić information content (AvgIpc) is 3.15. The van der Waals surface area contributed by atoms with Crippen molar-refractivity contribution in [2.45, 2.75) is 58.2 Å². The molecule has 106 valence electrons. The lowest BCUT2D eigenvalue weighted by Gasteiger charge is -2.44. The highest BCUT2D eigenvalue weighted by atomic mass is 15.3. The first kappa shape index (κ1) is 14.3. The predicted octanol–water partition coefficient (Wildman–Crippen LogP) is 1.79. The van der Waals surface area contributed by atoms with Crippen molar-refractivity contribution < 1.29 is 0 Å². The van der Waals surface area contributed by atoms with Gasteiger partial charge in [-0.1, -0.05) is 20.8 Å². The van der Waals surface area contributed by atoms with Crippen LogP contribution in [0.3, 0.4) is 0 Å². The molecule has 2 rings (SSSR count). The summed E-state index contributed by atoms with van der Waals surface area (Å²) in [5.74, 6) is 0.747. The lowest BCUT2D eigenvalue weighted by atomic mass is 9.99. The summed E-state index contributed by atoms with van der Waals surface area (Å²) in [5, 5.41) is 3.72. The lowest BCUT2D eigenvalue weighted by molar-refractivity contribution is 0.0464. The van der Waals surface area contributed by atoms with Gasteiger partial charge in [-0.3, -0.25) is 4.90 Å². The minimum absolute atomic E-state index is 0.716. The van der Waals surface area contributed by atoms with Crippen molar-refractivity contribution in [2.24, 2.45) is 5.92 Å². The van der Waals surface area contributed by atoms with Crippen LogP contribution in [0.2, 0.25) is 0 Å². The fraction of sp³-hybridized carbons (Fsp3) is 1.00. The lowest BCUT2D eigenvalue weighted by Crippen LogP contribution is -2.57. The van der Waals surface area contributed by atoms with Crippen molar-refractivity contribution in [3.8, 4) is 0 Å². The van der Waals surface area contributed by atoms with Crippen LogP contribution in [0.25, 0.3) is 0 Å².